The molecule has 20 heavy (non-hydrogen) atoms. The summed E-state index contributed by atoms with van der Waals surface area (Å²) in [5, 5.41) is 11.9. The number of nitrogens with one attached hydrogen (secondary N) is 1. The van der Waals surface area contributed by atoms with Gasteiger partial charge >= 0.3 is 0 Å². The van der Waals surface area contributed by atoms with E-state index < -0.39 is 0 Å². The number of carbonyl (C=O) groups is 1. The fourth-order valence-electron chi connectivity index (χ4n) is 3.39. The maximum absolute atomic E-state index is 12.2. The number of aliphatic hydroxyl groups is 1. The first kappa shape index (κ1) is 13.7. The Morgan fingerprint density at radius 3 is 3.00 bits per heavy atom. The van der Waals surface area contributed by atoms with Crippen LogP contribution in [0.25, 0.3) is 0 Å². The Balaban J connectivity index is 1.59. The van der Waals surface area contributed by atoms with Crippen molar-refractivity contribution in [3.05, 3.63) is 21.9 Å². The molecule has 0 aromatic carbocycles. The molecule has 3 nitrogen and oxygen atoms in total. The van der Waals surface area contributed by atoms with Crippen molar-refractivity contribution in [2.24, 2.45) is 11.8 Å². The summed E-state index contributed by atoms with van der Waals surface area (Å²) < 4.78 is 0. The molecule has 0 radical (unpaired) electrons. The van der Waals surface area contributed by atoms with Crippen molar-refractivity contribution < 1.29 is 9.90 Å². The van der Waals surface area contributed by atoms with Gasteiger partial charge in [0.15, 0.2) is 0 Å². The minimum absolute atomic E-state index is 0.0442. The Bertz CT molecular complexity index is 554. The summed E-state index contributed by atoms with van der Waals surface area (Å²) in [7, 11) is 0. The van der Waals surface area contributed by atoms with E-state index in [1.807, 2.05) is 12.1 Å². The van der Waals surface area contributed by atoms with Gasteiger partial charge in [0, 0.05) is 12.5 Å². The smallest absolute Gasteiger partial charge is 0.261 e. The SMILES string of the molecule is O=C(NC1CC2CCC1C2)c1ccc(C#CCCO)s1. The van der Waals surface area contributed by atoms with Crippen LogP contribution in [0.3, 0.4) is 0 Å². The molecule has 3 unspecified atom stereocenters. The van der Waals surface area contributed by atoms with E-state index in [2.05, 4.69) is 17.2 Å². The number of fused-ring (bicyclic) bond motifs is 2. The fourth-order valence-corrected chi connectivity index (χ4v) is 4.18. The van der Waals surface area contributed by atoms with Crippen molar-refractivity contribution in [1.82, 2.24) is 5.32 Å². The molecule has 0 aliphatic heterocycles. The van der Waals surface area contributed by atoms with Gasteiger partial charge in [-0.3, -0.25) is 4.79 Å². The quantitative estimate of drug-likeness (QED) is 0.840. The van der Waals surface area contributed by atoms with Crippen molar-refractivity contribution in [2.45, 2.75) is 38.1 Å². The van der Waals surface area contributed by atoms with E-state index in [0.717, 1.165) is 22.1 Å². The van der Waals surface area contributed by atoms with Gasteiger partial charge in [-0.05, 0) is 43.2 Å². The Morgan fingerprint density at radius 1 is 1.40 bits per heavy atom. The molecule has 2 aliphatic carbocycles. The highest BCUT2D eigenvalue weighted by Gasteiger charge is 2.40. The van der Waals surface area contributed by atoms with E-state index >= 15 is 0 Å². The van der Waals surface area contributed by atoms with Crippen LogP contribution in [-0.4, -0.2) is 23.7 Å². The van der Waals surface area contributed by atoms with Gasteiger partial charge in [0.2, 0.25) is 0 Å². The van der Waals surface area contributed by atoms with Gasteiger partial charge in [0.1, 0.15) is 0 Å². The number of thiophene rings is 1. The zero-order valence-electron chi connectivity index (χ0n) is 11.4. The van der Waals surface area contributed by atoms with E-state index in [1.54, 1.807) is 0 Å². The molecule has 2 N–H and O–H groups in total. The summed E-state index contributed by atoms with van der Waals surface area (Å²) >= 11 is 1.43. The van der Waals surface area contributed by atoms with Gasteiger partial charge in [0.05, 0.1) is 16.4 Å². The predicted molar refractivity (Wildman–Crippen MR) is 79.6 cm³/mol. The van der Waals surface area contributed by atoms with E-state index in [0.29, 0.717) is 18.4 Å². The molecule has 0 spiro atoms. The second-order valence-electron chi connectivity index (χ2n) is 5.69. The first-order valence-corrected chi connectivity index (χ1v) is 8.08. The van der Waals surface area contributed by atoms with Crippen molar-refractivity contribution >= 4 is 17.2 Å². The Hall–Kier alpha value is -1.31. The minimum atomic E-state index is 0.0442. The summed E-state index contributed by atoms with van der Waals surface area (Å²) in [6.45, 7) is 0.0793. The Kier molecular flexibility index (Phi) is 4.09. The zero-order chi connectivity index (χ0) is 13.9. The van der Waals surface area contributed by atoms with Gasteiger partial charge in [-0.25, -0.2) is 0 Å². The molecular formula is C16H19NO2S. The standard InChI is InChI=1S/C16H19NO2S/c18-8-2-1-3-13-6-7-15(20-13)16(19)17-14-10-11-4-5-12(14)9-11/h6-7,11-12,14,18H,2,4-5,8-10H2,(H,17,19). The van der Waals surface area contributed by atoms with E-state index in [9.17, 15) is 4.79 Å². The van der Waals surface area contributed by atoms with Crippen LogP contribution in [0.4, 0.5) is 0 Å². The fraction of sp³-hybridized carbons (Fsp3) is 0.562. The molecule has 2 aliphatic rings. The number of aliphatic hydroxyl groups excluding tert-OH is 1. The van der Waals surface area contributed by atoms with Crippen molar-refractivity contribution in [3.63, 3.8) is 0 Å². The monoisotopic (exact) mass is 289 g/mol. The first-order valence-electron chi connectivity index (χ1n) is 7.26. The maximum Gasteiger partial charge on any atom is 0.261 e. The van der Waals surface area contributed by atoms with Crippen LogP contribution in [0.2, 0.25) is 0 Å². The Labute approximate surface area is 123 Å². The lowest BCUT2D eigenvalue weighted by Gasteiger charge is -2.22. The number of rotatable bonds is 3. The Morgan fingerprint density at radius 2 is 2.30 bits per heavy atom. The number of hydrogen-bond donors (Lipinski definition) is 2. The summed E-state index contributed by atoms with van der Waals surface area (Å²) in [6.07, 6.45) is 5.56. The van der Waals surface area contributed by atoms with Gasteiger partial charge in [-0.15, -0.1) is 11.3 Å². The van der Waals surface area contributed by atoms with Crippen molar-refractivity contribution in [1.29, 1.82) is 0 Å². The van der Waals surface area contributed by atoms with Crippen molar-refractivity contribution in [3.8, 4) is 11.8 Å². The number of amides is 1. The molecule has 3 atom stereocenters. The molecule has 1 amide bonds. The van der Waals surface area contributed by atoms with Crippen molar-refractivity contribution in [2.75, 3.05) is 6.61 Å². The molecule has 2 saturated carbocycles. The molecule has 1 aromatic heterocycles. The summed E-state index contributed by atoms with van der Waals surface area (Å²) in [5.74, 6) is 7.43. The van der Waals surface area contributed by atoms with E-state index in [1.165, 1.54) is 30.6 Å². The second kappa shape index (κ2) is 5.99. The van der Waals surface area contributed by atoms with Gasteiger partial charge < -0.3 is 10.4 Å². The van der Waals surface area contributed by atoms with Gasteiger partial charge in [0.25, 0.3) is 5.91 Å². The number of hydrogen-bond acceptors (Lipinski definition) is 3. The molecular weight excluding hydrogens is 270 g/mol. The van der Waals surface area contributed by atoms with Crippen LogP contribution in [-0.2, 0) is 0 Å². The molecule has 1 heterocycles. The van der Waals surface area contributed by atoms with E-state index in [4.69, 9.17) is 5.11 Å². The average Bonchev–Trinajstić information content (AvgIpc) is 3.14. The average molecular weight is 289 g/mol. The molecule has 106 valence electrons. The highest BCUT2D eigenvalue weighted by atomic mass is 32.1. The third kappa shape index (κ3) is 2.89. The largest absolute Gasteiger partial charge is 0.395 e. The third-order valence-corrected chi connectivity index (χ3v) is 5.33. The molecule has 1 aromatic rings. The molecule has 0 saturated heterocycles. The van der Waals surface area contributed by atoms with Crippen LogP contribution in [0.5, 0.6) is 0 Å². The van der Waals surface area contributed by atoms with E-state index in [-0.39, 0.29) is 12.5 Å². The lowest BCUT2D eigenvalue weighted by atomic mass is 9.95. The molecule has 2 bridgehead atoms. The summed E-state index contributed by atoms with van der Waals surface area (Å²) in [5.41, 5.74) is 0. The van der Waals surface area contributed by atoms with Crippen LogP contribution in [0.15, 0.2) is 12.1 Å². The summed E-state index contributed by atoms with van der Waals surface area (Å²) in [4.78, 5) is 13.9. The molecule has 4 heteroatoms. The third-order valence-electron chi connectivity index (χ3n) is 4.33. The van der Waals surface area contributed by atoms with Crippen LogP contribution < -0.4 is 5.32 Å². The normalized spacial score (nSPS) is 27.1. The lowest BCUT2D eigenvalue weighted by molar-refractivity contribution is 0.0927. The van der Waals surface area contributed by atoms with Crippen LogP contribution >= 0.6 is 11.3 Å². The zero-order valence-corrected chi connectivity index (χ0v) is 12.2. The number of carbonyl (C=O) groups excluding carboxylic acids is 1. The molecule has 3 rings (SSSR count). The topological polar surface area (TPSA) is 49.3 Å². The molecule has 2 fully saturated rings. The van der Waals surface area contributed by atoms with Gasteiger partial charge in [-0.2, -0.15) is 0 Å². The summed E-state index contributed by atoms with van der Waals surface area (Å²) in [6, 6.07) is 4.10. The highest BCUT2D eigenvalue weighted by Crippen LogP contribution is 2.44. The van der Waals surface area contributed by atoms with Crippen LogP contribution in [0, 0.1) is 23.7 Å². The lowest BCUT2D eigenvalue weighted by Crippen LogP contribution is -2.38. The highest BCUT2D eigenvalue weighted by molar-refractivity contribution is 7.14. The first-order chi connectivity index (χ1) is 9.76. The predicted octanol–water partition coefficient (Wildman–Crippen LogP) is 2.40. The minimum Gasteiger partial charge on any atom is -0.395 e. The van der Waals surface area contributed by atoms with Gasteiger partial charge in [-0.1, -0.05) is 18.3 Å². The maximum atomic E-state index is 12.2. The van der Waals surface area contributed by atoms with Crippen LogP contribution in [0.1, 0.15) is 46.7 Å². The second-order valence-corrected chi connectivity index (χ2v) is 6.78.